The molecule has 0 spiro atoms. The van der Waals surface area contributed by atoms with Crippen molar-refractivity contribution in [2.24, 2.45) is 0 Å². The Hall–Kier alpha value is -1.62. The lowest BCUT2D eigenvalue weighted by Gasteiger charge is -2.16. The Morgan fingerprint density at radius 3 is 1.68 bits per heavy atom. The van der Waals surface area contributed by atoms with Gasteiger partial charge in [0.25, 0.3) is 0 Å². The molecule has 0 saturated carbocycles. The average Bonchev–Trinajstić information content (AvgIpc) is 2.46. The number of carboxylic acid groups (broad SMARTS) is 1. The summed E-state index contributed by atoms with van der Waals surface area (Å²) in [5, 5.41) is 13.1. The maximum Gasteiger partial charge on any atom is 0.405 e. The largest absolute Gasteiger partial charge is 0.467 e. The molecule has 0 heterocycles. The highest BCUT2D eigenvalue weighted by atomic mass is 33.1. The number of methoxy groups -OCH3 is 2. The number of hydrogen-bond donors (Lipinski definition) is 3. The molecule has 0 saturated heterocycles. The van der Waals surface area contributed by atoms with Crippen molar-refractivity contribution in [2.45, 2.75) is 19.0 Å². The molecule has 2 amide bonds. The molecule has 3 N–H and O–H groups in total. The Bertz CT molecular complexity index is 381. The summed E-state index contributed by atoms with van der Waals surface area (Å²) in [6.07, 6.45) is -1.34. The van der Waals surface area contributed by atoms with Gasteiger partial charge in [-0.15, -0.1) is 0 Å². The standard InChI is InChI=1S/C11H18N2O7S2/c1-6(14)12-7(9(15)19-2)4-21-22-5-8(10(16)20-3)13-11(17)18/h7-8,13H,4-5H2,1-3H3,(H,12,14)(H,17,18)/t7-,8-/m0/s1. The van der Waals surface area contributed by atoms with Crippen LogP contribution in [0.1, 0.15) is 6.92 Å². The minimum absolute atomic E-state index is 0.109. The van der Waals surface area contributed by atoms with E-state index in [2.05, 4.69) is 14.8 Å². The Balaban J connectivity index is 4.33. The van der Waals surface area contributed by atoms with E-state index < -0.39 is 30.1 Å². The van der Waals surface area contributed by atoms with Crippen LogP contribution in [0.15, 0.2) is 0 Å². The zero-order chi connectivity index (χ0) is 17.1. The van der Waals surface area contributed by atoms with E-state index in [1.54, 1.807) is 0 Å². The van der Waals surface area contributed by atoms with Crippen molar-refractivity contribution < 1.29 is 33.8 Å². The SMILES string of the molecule is COC(=O)[C@H](CSSC[C@H](NC(=O)O)C(=O)OC)NC(C)=O. The Morgan fingerprint density at radius 2 is 1.36 bits per heavy atom. The second-order valence-corrected chi connectivity index (χ2v) is 6.42. The summed E-state index contributed by atoms with van der Waals surface area (Å²) in [7, 11) is 4.71. The summed E-state index contributed by atoms with van der Waals surface area (Å²) < 4.78 is 9.04. The van der Waals surface area contributed by atoms with Crippen LogP contribution >= 0.6 is 21.6 Å². The van der Waals surface area contributed by atoms with Gasteiger partial charge in [-0.25, -0.2) is 14.4 Å². The second-order valence-electron chi connectivity index (χ2n) is 3.87. The molecule has 0 aliphatic heterocycles. The highest BCUT2D eigenvalue weighted by molar-refractivity contribution is 8.76. The van der Waals surface area contributed by atoms with E-state index in [4.69, 9.17) is 5.11 Å². The summed E-state index contributed by atoms with van der Waals surface area (Å²) in [5.41, 5.74) is 0. The molecule has 0 unspecified atom stereocenters. The van der Waals surface area contributed by atoms with E-state index in [0.717, 1.165) is 17.9 Å². The van der Waals surface area contributed by atoms with Gasteiger partial charge in [-0.1, -0.05) is 21.6 Å². The van der Waals surface area contributed by atoms with Gasteiger partial charge in [0.2, 0.25) is 5.91 Å². The maximum atomic E-state index is 11.5. The zero-order valence-electron chi connectivity index (χ0n) is 12.3. The first-order chi connectivity index (χ1) is 10.3. The summed E-state index contributed by atoms with van der Waals surface area (Å²) in [5.74, 6) is -1.35. The van der Waals surface area contributed by atoms with Crippen LogP contribution in [0.2, 0.25) is 0 Å². The van der Waals surface area contributed by atoms with Crippen LogP contribution in [0.5, 0.6) is 0 Å². The Kier molecular flexibility index (Phi) is 10.2. The van der Waals surface area contributed by atoms with Gasteiger partial charge in [0.1, 0.15) is 12.1 Å². The highest BCUT2D eigenvalue weighted by Gasteiger charge is 2.23. The van der Waals surface area contributed by atoms with E-state index in [1.807, 2.05) is 5.32 Å². The molecule has 11 heteroatoms. The molecule has 0 bridgehead atoms. The van der Waals surface area contributed by atoms with Gasteiger partial charge in [0, 0.05) is 18.4 Å². The first-order valence-corrected chi connectivity index (χ1v) is 8.47. The van der Waals surface area contributed by atoms with Crippen LogP contribution in [-0.4, -0.2) is 66.9 Å². The summed E-state index contributed by atoms with van der Waals surface area (Å²) in [6, 6.07) is -1.83. The smallest absolute Gasteiger partial charge is 0.405 e. The number of amides is 2. The molecule has 0 radical (unpaired) electrons. The second kappa shape index (κ2) is 11.0. The average molecular weight is 354 g/mol. The number of nitrogens with one attached hydrogen (secondary N) is 2. The summed E-state index contributed by atoms with van der Waals surface area (Å²) in [6.45, 7) is 1.28. The molecule has 0 fully saturated rings. The number of ether oxygens (including phenoxy) is 2. The van der Waals surface area contributed by atoms with Gasteiger partial charge in [-0.3, -0.25) is 4.79 Å². The minimum Gasteiger partial charge on any atom is -0.467 e. The number of esters is 2. The molecule has 0 aromatic heterocycles. The normalized spacial score (nSPS) is 12.7. The third-order valence-corrected chi connectivity index (χ3v) is 4.62. The van der Waals surface area contributed by atoms with Crippen molar-refractivity contribution in [3.63, 3.8) is 0 Å². The minimum atomic E-state index is -1.34. The predicted molar refractivity (Wildman–Crippen MR) is 81.5 cm³/mol. The molecule has 0 aliphatic rings. The molecule has 0 rings (SSSR count). The number of rotatable bonds is 9. The lowest BCUT2D eigenvalue weighted by Crippen LogP contribution is -2.43. The highest BCUT2D eigenvalue weighted by Crippen LogP contribution is 2.23. The van der Waals surface area contributed by atoms with Crippen molar-refractivity contribution in [1.29, 1.82) is 0 Å². The van der Waals surface area contributed by atoms with Crippen molar-refractivity contribution in [3.8, 4) is 0 Å². The van der Waals surface area contributed by atoms with Crippen molar-refractivity contribution in [3.05, 3.63) is 0 Å². The van der Waals surface area contributed by atoms with Gasteiger partial charge in [0.15, 0.2) is 0 Å². The van der Waals surface area contributed by atoms with Crippen LogP contribution in [0.25, 0.3) is 0 Å². The van der Waals surface area contributed by atoms with E-state index in [9.17, 15) is 19.2 Å². The Labute approximate surface area is 135 Å². The maximum absolute atomic E-state index is 11.5. The third kappa shape index (κ3) is 8.62. The van der Waals surface area contributed by atoms with Crippen molar-refractivity contribution in [2.75, 3.05) is 25.7 Å². The van der Waals surface area contributed by atoms with Crippen LogP contribution in [0.4, 0.5) is 4.79 Å². The molecule has 0 aromatic rings. The van der Waals surface area contributed by atoms with E-state index >= 15 is 0 Å². The van der Waals surface area contributed by atoms with Gasteiger partial charge >= 0.3 is 18.0 Å². The van der Waals surface area contributed by atoms with Crippen LogP contribution in [-0.2, 0) is 23.9 Å². The van der Waals surface area contributed by atoms with E-state index in [0.29, 0.717) is 0 Å². The molecule has 2 atom stereocenters. The molecule has 9 nitrogen and oxygen atoms in total. The number of carbonyl (C=O) groups is 4. The monoisotopic (exact) mass is 354 g/mol. The van der Waals surface area contributed by atoms with Crippen LogP contribution in [0, 0.1) is 0 Å². The zero-order valence-corrected chi connectivity index (χ0v) is 13.9. The van der Waals surface area contributed by atoms with Crippen molar-refractivity contribution in [1.82, 2.24) is 10.6 Å². The molecule has 22 heavy (non-hydrogen) atoms. The van der Waals surface area contributed by atoms with Gasteiger partial charge in [-0.2, -0.15) is 0 Å². The molecular weight excluding hydrogens is 336 g/mol. The van der Waals surface area contributed by atoms with E-state index in [-0.39, 0.29) is 17.4 Å². The summed E-state index contributed by atoms with van der Waals surface area (Å²) in [4.78, 5) is 44.4. The predicted octanol–water partition coefficient (Wildman–Crippen LogP) is -0.145. The first kappa shape index (κ1) is 20.4. The molecule has 0 aromatic carbocycles. The Morgan fingerprint density at radius 1 is 0.955 bits per heavy atom. The van der Waals surface area contributed by atoms with Crippen LogP contribution < -0.4 is 10.6 Å². The van der Waals surface area contributed by atoms with Gasteiger partial charge < -0.3 is 25.2 Å². The lowest BCUT2D eigenvalue weighted by atomic mass is 10.3. The lowest BCUT2D eigenvalue weighted by molar-refractivity contribution is -0.144. The molecule has 0 aliphatic carbocycles. The van der Waals surface area contributed by atoms with Gasteiger partial charge in [0.05, 0.1) is 14.2 Å². The summed E-state index contributed by atoms with van der Waals surface area (Å²) >= 11 is 0. The molecular formula is C11H18N2O7S2. The molecule has 126 valence electrons. The third-order valence-electron chi connectivity index (χ3n) is 2.20. The fourth-order valence-corrected chi connectivity index (χ4v) is 3.55. The van der Waals surface area contributed by atoms with Crippen molar-refractivity contribution >= 4 is 45.5 Å². The van der Waals surface area contributed by atoms with E-state index in [1.165, 1.54) is 24.8 Å². The fraction of sp³-hybridized carbons (Fsp3) is 0.636. The topological polar surface area (TPSA) is 131 Å². The fourth-order valence-electron chi connectivity index (χ4n) is 1.25. The van der Waals surface area contributed by atoms with Crippen LogP contribution in [0.3, 0.4) is 0 Å². The quantitative estimate of drug-likeness (QED) is 0.294. The number of hydrogen-bond acceptors (Lipinski definition) is 8. The van der Waals surface area contributed by atoms with Gasteiger partial charge in [-0.05, 0) is 0 Å². The number of carbonyl (C=O) groups excluding carboxylic acids is 3. The first-order valence-electron chi connectivity index (χ1n) is 5.98.